The maximum Gasteiger partial charge on any atom is 0.258 e. The number of hydrogen-bond donors (Lipinski definition) is 1. The smallest absolute Gasteiger partial charge is 0.258 e. The van der Waals surface area contributed by atoms with Crippen molar-refractivity contribution in [1.82, 2.24) is 9.80 Å². The van der Waals surface area contributed by atoms with Gasteiger partial charge >= 0.3 is 0 Å². The molecule has 2 aromatic rings. The van der Waals surface area contributed by atoms with Gasteiger partial charge in [-0.25, -0.2) is 0 Å². The second-order valence-electron chi connectivity index (χ2n) is 8.39. The molecule has 10 heteroatoms. The van der Waals surface area contributed by atoms with Gasteiger partial charge < -0.3 is 29.6 Å². The largest absolute Gasteiger partial charge is 0.492 e. The highest BCUT2D eigenvalue weighted by Gasteiger charge is 2.35. The maximum absolute atomic E-state index is 13.6. The van der Waals surface area contributed by atoms with Gasteiger partial charge in [-0.05, 0) is 50.0 Å². The third-order valence-corrected chi connectivity index (χ3v) is 6.46. The average Bonchev–Trinajstić information content (AvgIpc) is 3.32. The Labute approximate surface area is 219 Å². The van der Waals surface area contributed by atoms with Crippen LogP contribution in [0.3, 0.4) is 0 Å². The summed E-state index contributed by atoms with van der Waals surface area (Å²) in [4.78, 5) is 18.0. The van der Waals surface area contributed by atoms with E-state index in [0.29, 0.717) is 53.4 Å². The molecule has 2 heterocycles. The molecule has 2 aromatic carbocycles. The molecule has 2 fully saturated rings. The van der Waals surface area contributed by atoms with Gasteiger partial charge in [-0.2, -0.15) is 0 Å². The van der Waals surface area contributed by atoms with Gasteiger partial charge in [0, 0.05) is 31.7 Å². The summed E-state index contributed by atoms with van der Waals surface area (Å²) in [6.45, 7) is 4.00. The van der Waals surface area contributed by atoms with Gasteiger partial charge in [0.05, 0.1) is 26.9 Å². The number of methoxy groups -OCH3 is 3. The van der Waals surface area contributed by atoms with Crippen LogP contribution in [0.15, 0.2) is 30.3 Å². The first-order valence-electron chi connectivity index (χ1n) is 11.4. The Morgan fingerprint density at radius 3 is 2.29 bits per heavy atom. The molecule has 2 aliphatic rings. The molecule has 0 bridgehead atoms. The Hall–Kier alpha value is -2.39. The number of nitrogens with two attached hydrogens (primary N) is 1. The molecule has 2 saturated heterocycles. The van der Waals surface area contributed by atoms with Crippen LogP contribution in [0.2, 0.25) is 0 Å². The summed E-state index contributed by atoms with van der Waals surface area (Å²) >= 11 is 0. The fourth-order valence-corrected chi connectivity index (χ4v) is 4.78. The van der Waals surface area contributed by atoms with Crippen LogP contribution in [0.4, 0.5) is 0 Å². The highest BCUT2D eigenvalue weighted by atomic mass is 35.5. The van der Waals surface area contributed by atoms with E-state index in [1.54, 1.807) is 6.07 Å². The van der Waals surface area contributed by atoms with E-state index < -0.39 is 0 Å². The average molecular weight is 528 g/mol. The van der Waals surface area contributed by atoms with Gasteiger partial charge in [-0.3, -0.25) is 9.69 Å². The quantitative estimate of drug-likeness (QED) is 0.558. The third kappa shape index (κ3) is 6.06. The zero-order valence-electron chi connectivity index (χ0n) is 20.5. The minimum Gasteiger partial charge on any atom is -0.492 e. The van der Waals surface area contributed by atoms with E-state index in [2.05, 4.69) is 4.90 Å². The van der Waals surface area contributed by atoms with Crippen molar-refractivity contribution in [3.05, 3.63) is 41.5 Å². The van der Waals surface area contributed by atoms with E-state index in [4.69, 9.17) is 24.7 Å². The predicted molar refractivity (Wildman–Crippen MR) is 140 cm³/mol. The molecule has 1 atom stereocenters. The molecule has 2 N–H and O–H groups in total. The number of carbonyl (C=O) groups is 1. The lowest BCUT2D eigenvalue weighted by molar-refractivity contribution is 0.0567. The van der Waals surface area contributed by atoms with E-state index in [9.17, 15) is 4.79 Å². The van der Waals surface area contributed by atoms with Gasteiger partial charge in [-0.15, -0.1) is 24.8 Å². The van der Waals surface area contributed by atoms with Crippen molar-refractivity contribution in [2.75, 3.05) is 54.1 Å². The van der Waals surface area contributed by atoms with E-state index in [-0.39, 0.29) is 30.7 Å². The molecule has 1 unspecified atom stereocenters. The minimum absolute atomic E-state index is 0. The van der Waals surface area contributed by atoms with Gasteiger partial charge in [0.25, 0.3) is 5.91 Å². The van der Waals surface area contributed by atoms with E-state index in [0.717, 1.165) is 38.0 Å². The van der Waals surface area contributed by atoms with Crippen LogP contribution in [-0.2, 0) is 6.42 Å². The van der Waals surface area contributed by atoms with Crippen molar-refractivity contribution in [1.29, 1.82) is 0 Å². The van der Waals surface area contributed by atoms with Crippen molar-refractivity contribution < 1.29 is 23.7 Å². The monoisotopic (exact) mass is 527 g/mol. The number of hydrogen-bond acceptors (Lipinski definition) is 7. The van der Waals surface area contributed by atoms with Gasteiger partial charge in [0.1, 0.15) is 5.75 Å². The normalized spacial score (nSPS) is 17.0. The molecular weight excluding hydrogens is 493 g/mol. The van der Waals surface area contributed by atoms with E-state index in [1.165, 1.54) is 27.8 Å². The van der Waals surface area contributed by atoms with Crippen molar-refractivity contribution in [2.24, 2.45) is 5.73 Å². The number of fused-ring (bicyclic) bond motifs is 1. The molecule has 35 heavy (non-hydrogen) atoms. The summed E-state index contributed by atoms with van der Waals surface area (Å²) in [5.41, 5.74) is 7.17. The molecule has 4 rings (SSSR count). The molecule has 0 radical (unpaired) electrons. The molecule has 8 nitrogen and oxygen atoms in total. The number of carbonyl (C=O) groups excluding carboxylic acids is 1. The first-order chi connectivity index (χ1) is 16.1. The molecule has 0 aromatic heterocycles. The van der Waals surface area contributed by atoms with Crippen molar-refractivity contribution in [2.45, 2.75) is 25.3 Å². The fourth-order valence-electron chi connectivity index (χ4n) is 4.78. The molecule has 0 spiro atoms. The van der Waals surface area contributed by atoms with Crippen molar-refractivity contribution in [3.63, 3.8) is 0 Å². The maximum atomic E-state index is 13.6. The molecule has 2 aliphatic heterocycles. The number of amides is 1. The molecule has 1 amide bonds. The third-order valence-electron chi connectivity index (χ3n) is 6.46. The first-order valence-corrected chi connectivity index (χ1v) is 11.4. The zero-order valence-corrected chi connectivity index (χ0v) is 22.1. The lowest BCUT2D eigenvalue weighted by Crippen LogP contribution is -2.52. The Kier molecular flexibility index (Phi) is 10.8. The van der Waals surface area contributed by atoms with Crippen LogP contribution in [-0.4, -0.2) is 75.8 Å². The topological polar surface area (TPSA) is 86.5 Å². The number of benzene rings is 2. The predicted octanol–water partition coefficient (Wildman–Crippen LogP) is 3.77. The van der Waals surface area contributed by atoms with Crippen molar-refractivity contribution >= 4 is 30.7 Å². The lowest BCUT2D eigenvalue weighted by Gasteiger charge is -2.37. The summed E-state index contributed by atoms with van der Waals surface area (Å²) in [7, 11) is 4.59. The van der Waals surface area contributed by atoms with Crippen LogP contribution in [0, 0.1) is 0 Å². The Morgan fingerprint density at radius 1 is 0.971 bits per heavy atom. The number of ether oxygens (including phenoxy) is 4. The first kappa shape index (κ1) is 28.8. The van der Waals surface area contributed by atoms with Crippen LogP contribution in [0.1, 0.15) is 28.8 Å². The van der Waals surface area contributed by atoms with Crippen molar-refractivity contribution in [3.8, 4) is 28.7 Å². The number of piperazine rings is 1. The molecular formula is C25H35Cl2N3O5. The second kappa shape index (κ2) is 13.1. The summed E-state index contributed by atoms with van der Waals surface area (Å²) in [6.07, 6.45) is 3.11. The Morgan fingerprint density at radius 2 is 1.66 bits per heavy atom. The summed E-state index contributed by atoms with van der Waals surface area (Å²) in [6, 6.07) is 9.82. The SMILES string of the molecule is COc1c(Oc2ccc(CCN)cc2)cc(C(=O)N2CCN3CCCC3C2)c(OC)c1OC.Cl.Cl. The Bertz CT molecular complexity index is 990. The Balaban J connectivity index is 0.00000216. The summed E-state index contributed by atoms with van der Waals surface area (Å²) < 4.78 is 23.0. The minimum atomic E-state index is -0.0949. The second-order valence-corrected chi connectivity index (χ2v) is 8.39. The van der Waals surface area contributed by atoms with Crippen LogP contribution < -0.4 is 24.7 Å². The molecule has 0 saturated carbocycles. The van der Waals surface area contributed by atoms with Crippen LogP contribution in [0.25, 0.3) is 0 Å². The highest BCUT2D eigenvalue weighted by Crippen LogP contribution is 2.48. The highest BCUT2D eigenvalue weighted by molar-refractivity contribution is 5.99. The fraction of sp³-hybridized carbons (Fsp3) is 0.480. The van der Waals surface area contributed by atoms with E-state index in [1.807, 2.05) is 29.2 Å². The van der Waals surface area contributed by atoms with Crippen LogP contribution >= 0.6 is 24.8 Å². The summed E-state index contributed by atoms with van der Waals surface area (Å²) in [5, 5.41) is 0. The summed E-state index contributed by atoms with van der Waals surface area (Å²) in [5.74, 6) is 1.97. The molecule has 0 aliphatic carbocycles. The standard InChI is InChI=1S/C25H33N3O5.2ClH/c1-30-22-20(25(29)28-14-13-27-12-4-5-18(27)16-28)15-21(23(31-2)24(22)32-3)33-19-8-6-17(7-9-19)10-11-26;;/h6-9,15,18H,4-5,10-14,16,26H2,1-3H3;2*1H. The van der Waals surface area contributed by atoms with Gasteiger partial charge in [-0.1, -0.05) is 12.1 Å². The lowest BCUT2D eigenvalue weighted by atomic mass is 10.1. The van der Waals surface area contributed by atoms with Gasteiger partial charge in [0.2, 0.25) is 11.5 Å². The number of halogens is 2. The zero-order chi connectivity index (χ0) is 23.4. The molecule has 194 valence electrons. The number of nitrogens with zero attached hydrogens (tertiary/aromatic N) is 2. The number of rotatable bonds is 8. The van der Waals surface area contributed by atoms with E-state index >= 15 is 0 Å². The van der Waals surface area contributed by atoms with Crippen LogP contribution in [0.5, 0.6) is 28.7 Å². The van der Waals surface area contributed by atoms with Gasteiger partial charge in [0.15, 0.2) is 11.5 Å².